The van der Waals surface area contributed by atoms with Gasteiger partial charge in [-0.1, -0.05) is 11.6 Å². The molecule has 0 aliphatic heterocycles. The van der Waals surface area contributed by atoms with Crippen LogP contribution >= 0.6 is 22.9 Å². The minimum Gasteiger partial charge on any atom is -0.336 e. The maximum atomic E-state index is 12.4. The van der Waals surface area contributed by atoms with E-state index in [1.165, 1.54) is 28.5 Å². The number of aromatic nitrogens is 2. The van der Waals surface area contributed by atoms with Crippen molar-refractivity contribution in [3.63, 3.8) is 0 Å². The molecule has 0 atom stereocenters. The fourth-order valence-corrected chi connectivity index (χ4v) is 2.80. The van der Waals surface area contributed by atoms with Crippen LogP contribution in [0.15, 0.2) is 17.8 Å². The molecule has 7 nitrogen and oxygen atoms in total. The van der Waals surface area contributed by atoms with Crippen molar-refractivity contribution in [1.29, 1.82) is 0 Å². The first kappa shape index (κ1) is 15.3. The molecule has 0 saturated carbocycles. The second-order valence-electron chi connectivity index (χ2n) is 4.28. The van der Waals surface area contributed by atoms with Crippen LogP contribution in [0.3, 0.4) is 0 Å². The Morgan fingerprint density at radius 3 is 2.81 bits per heavy atom. The maximum Gasteiger partial charge on any atom is 0.319 e. The number of rotatable bonds is 4. The van der Waals surface area contributed by atoms with Crippen molar-refractivity contribution in [3.8, 4) is 0 Å². The van der Waals surface area contributed by atoms with Crippen molar-refractivity contribution in [2.45, 2.75) is 13.5 Å². The number of halogens is 1. The molecule has 0 aromatic carbocycles. The first-order valence-corrected chi connectivity index (χ1v) is 7.11. The molecule has 0 aliphatic carbocycles. The molecule has 0 N–H and O–H groups in total. The molecule has 0 bridgehead atoms. The number of pyridine rings is 1. The van der Waals surface area contributed by atoms with E-state index >= 15 is 0 Å². The smallest absolute Gasteiger partial charge is 0.319 e. The molecule has 2 heterocycles. The van der Waals surface area contributed by atoms with E-state index < -0.39 is 16.5 Å². The van der Waals surface area contributed by atoms with Gasteiger partial charge in [-0.15, -0.1) is 11.3 Å². The molecule has 0 radical (unpaired) electrons. The van der Waals surface area contributed by atoms with E-state index in [1.54, 1.807) is 12.6 Å². The molecule has 0 aliphatic rings. The van der Waals surface area contributed by atoms with Crippen molar-refractivity contribution in [2.75, 3.05) is 7.05 Å². The normalized spacial score (nSPS) is 10.4. The van der Waals surface area contributed by atoms with Gasteiger partial charge in [-0.25, -0.2) is 9.97 Å². The van der Waals surface area contributed by atoms with E-state index in [9.17, 15) is 14.9 Å². The van der Waals surface area contributed by atoms with Crippen LogP contribution < -0.4 is 0 Å². The van der Waals surface area contributed by atoms with Crippen molar-refractivity contribution >= 4 is 34.5 Å². The summed E-state index contributed by atoms with van der Waals surface area (Å²) in [4.78, 5) is 32.8. The number of carbonyl (C=O) groups excluding carboxylic acids is 1. The molecule has 21 heavy (non-hydrogen) atoms. The second-order valence-corrected chi connectivity index (χ2v) is 5.57. The number of nitro groups is 1. The van der Waals surface area contributed by atoms with Crippen LogP contribution in [-0.4, -0.2) is 32.7 Å². The monoisotopic (exact) mass is 326 g/mol. The molecule has 2 rings (SSSR count). The molecule has 0 fully saturated rings. The molecular weight excluding hydrogens is 316 g/mol. The average molecular weight is 327 g/mol. The summed E-state index contributed by atoms with van der Waals surface area (Å²) in [7, 11) is 1.57. The van der Waals surface area contributed by atoms with Crippen LogP contribution in [0.5, 0.6) is 0 Å². The summed E-state index contributed by atoms with van der Waals surface area (Å²) in [6, 6.07) is 1.29. The molecule has 2 aromatic rings. The van der Waals surface area contributed by atoms with Crippen molar-refractivity contribution in [3.05, 3.63) is 49.2 Å². The van der Waals surface area contributed by atoms with Gasteiger partial charge in [0.1, 0.15) is 5.56 Å². The molecule has 9 heteroatoms. The Hall–Kier alpha value is -2.06. The highest BCUT2D eigenvalue weighted by Gasteiger charge is 2.27. The SMILES string of the molecule is Cc1ncsc1CN(C)C(=O)c1ccnc(Cl)c1[N+](=O)[O-]. The van der Waals surface area contributed by atoms with Crippen LogP contribution in [0.2, 0.25) is 5.15 Å². The van der Waals surface area contributed by atoms with Gasteiger partial charge in [-0.3, -0.25) is 14.9 Å². The molecule has 0 saturated heterocycles. The standard InChI is InChI=1S/C12H11ClN4O3S/c1-7-9(21-6-15-7)5-16(2)12(18)8-3-4-14-11(13)10(8)17(19)20/h3-4,6H,5H2,1-2H3. The molecule has 2 aromatic heterocycles. The van der Waals surface area contributed by atoms with Gasteiger partial charge in [-0.2, -0.15) is 0 Å². The van der Waals surface area contributed by atoms with Gasteiger partial charge in [-0.05, 0) is 13.0 Å². The number of thiazole rings is 1. The first-order valence-electron chi connectivity index (χ1n) is 5.85. The lowest BCUT2D eigenvalue weighted by Gasteiger charge is -2.16. The Morgan fingerprint density at radius 2 is 2.24 bits per heavy atom. The zero-order valence-electron chi connectivity index (χ0n) is 11.2. The van der Waals surface area contributed by atoms with Gasteiger partial charge in [0, 0.05) is 18.1 Å². The number of hydrogen-bond acceptors (Lipinski definition) is 6. The van der Waals surface area contributed by atoms with Crippen molar-refractivity contribution in [2.24, 2.45) is 0 Å². The van der Waals surface area contributed by atoms with Crippen molar-refractivity contribution < 1.29 is 9.72 Å². The van der Waals surface area contributed by atoms with Gasteiger partial charge in [0.05, 0.1) is 22.7 Å². The highest BCUT2D eigenvalue weighted by atomic mass is 35.5. The number of carbonyl (C=O) groups is 1. The average Bonchev–Trinajstić information content (AvgIpc) is 2.82. The van der Waals surface area contributed by atoms with E-state index in [0.29, 0.717) is 6.54 Å². The number of nitrogens with zero attached hydrogens (tertiary/aromatic N) is 4. The number of amides is 1. The molecular formula is C12H11ClN4O3S. The zero-order valence-corrected chi connectivity index (χ0v) is 12.8. The number of aryl methyl sites for hydroxylation is 1. The summed E-state index contributed by atoms with van der Waals surface area (Å²) in [5.41, 5.74) is 1.97. The summed E-state index contributed by atoms with van der Waals surface area (Å²) < 4.78 is 0. The summed E-state index contributed by atoms with van der Waals surface area (Å²) in [6.45, 7) is 2.17. The highest BCUT2D eigenvalue weighted by Crippen LogP contribution is 2.27. The Kier molecular flexibility index (Phi) is 4.49. The quantitative estimate of drug-likeness (QED) is 0.489. The molecule has 1 amide bonds. The van der Waals surface area contributed by atoms with E-state index in [-0.39, 0.29) is 10.7 Å². The van der Waals surface area contributed by atoms with Crippen molar-refractivity contribution in [1.82, 2.24) is 14.9 Å². The Morgan fingerprint density at radius 1 is 1.52 bits per heavy atom. The van der Waals surface area contributed by atoms with E-state index in [0.717, 1.165) is 10.6 Å². The van der Waals surface area contributed by atoms with Gasteiger partial charge in [0.15, 0.2) is 0 Å². The Balaban J connectivity index is 2.30. The van der Waals surface area contributed by atoms with Gasteiger partial charge in [0.25, 0.3) is 5.91 Å². The molecule has 110 valence electrons. The maximum absolute atomic E-state index is 12.4. The lowest BCUT2D eigenvalue weighted by Crippen LogP contribution is -2.27. The minimum atomic E-state index is -0.700. The summed E-state index contributed by atoms with van der Waals surface area (Å²) in [5.74, 6) is -0.487. The Bertz CT molecular complexity index is 704. The largest absolute Gasteiger partial charge is 0.336 e. The predicted molar refractivity (Wildman–Crippen MR) is 78.5 cm³/mol. The molecule has 0 spiro atoms. The van der Waals surface area contributed by atoms with Gasteiger partial charge in [0.2, 0.25) is 5.15 Å². The third kappa shape index (κ3) is 3.17. The summed E-state index contributed by atoms with van der Waals surface area (Å²) in [6.07, 6.45) is 1.27. The van der Waals surface area contributed by atoms with E-state index in [2.05, 4.69) is 9.97 Å². The highest BCUT2D eigenvalue weighted by molar-refractivity contribution is 7.09. The summed E-state index contributed by atoms with van der Waals surface area (Å²) in [5, 5.41) is 10.7. The van der Waals surface area contributed by atoms with Crippen LogP contribution in [0.4, 0.5) is 5.69 Å². The lowest BCUT2D eigenvalue weighted by atomic mass is 10.2. The number of hydrogen-bond donors (Lipinski definition) is 0. The fraction of sp³-hybridized carbons (Fsp3) is 0.250. The second kappa shape index (κ2) is 6.15. The minimum absolute atomic E-state index is 0.0790. The lowest BCUT2D eigenvalue weighted by molar-refractivity contribution is -0.385. The van der Waals surface area contributed by atoms with Gasteiger partial charge < -0.3 is 4.90 Å². The third-order valence-corrected chi connectivity index (χ3v) is 4.06. The molecule has 0 unspecified atom stereocenters. The van der Waals surface area contributed by atoms with Crippen LogP contribution in [0, 0.1) is 17.0 Å². The zero-order chi connectivity index (χ0) is 15.6. The van der Waals surface area contributed by atoms with Crippen LogP contribution in [-0.2, 0) is 6.54 Å². The Labute approximate surface area is 129 Å². The van der Waals surface area contributed by atoms with E-state index in [4.69, 9.17) is 11.6 Å². The van der Waals surface area contributed by atoms with Gasteiger partial charge >= 0.3 is 5.69 Å². The topological polar surface area (TPSA) is 89.2 Å². The summed E-state index contributed by atoms with van der Waals surface area (Å²) >= 11 is 7.14. The third-order valence-electron chi connectivity index (χ3n) is 2.86. The first-order chi connectivity index (χ1) is 9.91. The van der Waals surface area contributed by atoms with E-state index in [1.807, 2.05) is 6.92 Å². The predicted octanol–water partition coefficient (Wildman–Crippen LogP) is 2.68. The fourth-order valence-electron chi connectivity index (χ4n) is 1.75. The van der Waals surface area contributed by atoms with Crippen LogP contribution in [0.1, 0.15) is 20.9 Å². The van der Waals surface area contributed by atoms with Crippen LogP contribution in [0.25, 0.3) is 0 Å².